The molecule has 8 atom stereocenters. The van der Waals surface area contributed by atoms with Crippen molar-refractivity contribution in [2.24, 2.45) is 40.4 Å². The average molecular weight is 463 g/mol. The fourth-order valence-corrected chi connectivity index (χ4v) is 9.78. The van der Waals surface area contributed by atoms with Crippen LogP contribution in [0.15, 0.2) is 0 Å². The smallest absolute Gasteiger partial charge is 0.192 e. The van der Waals surface area contributed by atoms with Gasteiger partial charge in [-0.2, -0.15) is 0 Å². The molecule has 0 heterocycles. The van der Waals surface area contributed by atoms with Crippen LogP contribution in [-0.2, 0) is 9.22 Å². The summed E-state index contributed by atoms with van der Waals surface area (Å²) in [4.78, 5) is 12.5. The second-order valence-corrected chi connectivity index (χ2v) is 19.2. The minimum absolute atomic E-state index is 0.210. The molecule has 0 amide bonds. The SMILES string of the molecule is CC(=O)[C@H]1CC[C@H]2[C@@H]3CC[C@@H]4C[C@](C)(O)CC[C@]4(CO[Si](C)(C)C(C)(C)C)[C@H]3CC[C@]12C. The molecule has 0 radical (unpaired) electrons. The number of ketones is 1. The maximum atomic E-state index is 12.5. The fraction of sp³-hybridized carbons (Fsp3) is 0.964. The van der Waals surface area contributed by atoms with Gasteiger partial charge < -0.3 is 9.53 Å². The van der Waals surface area contributed by atoms with E-state index in [1.165, 1.54) is 32.1 Å². The van der Waals surface area contributed by atoms with Crippen molar-refractivity contribution in [2.75, 3.05) is 6.61 Å². The first kappa shape index (κ1) is 24.9. The molecule has 1 N–H and O–H groups in total. The summed E-state index contributed by atoms with van der Waals surface area (Å²) in [7, 11) is -1.84. The average Bonchev–Trinajstić information content (AvgIpc) is 3.02. The summed E-state index contributed by atoms with van der Waals surface area (Å²) in [5, 5.41) is 11.2. The Morgan fingerprint density at radius 2 is 1.69 bits per heavy atom. The summed E-state index contributed by atoms with van der Waals surface area (Å²) in [6.07, 6.45) is 10.3. The van der Waals surface area contributed by atoms with E-state index in [0.29, 0.717) is 23.5 Å². The van der Waals surface area contributed by atoms with Crippen LogP contribution in [0.25, 0.3) is 0 Å². The summed E-state index contributed by atoms with van der Waals surface area (Å²) in [5.41, 5.74) is -0.0912. The second kappa shape index (κ2) is 7.91. The number of rotatable bonds is 4. The molecule has 0 bridgehead atoms. The number of carbonyl (C=O) groups is 1. The molecule has 0 aromatic heterocycles. The van der Waals surface area contributed by atoms with Gasteiger partial charge in [-0.05, 0) is 124 Å². The molecule has 32 heavy (non-hydrogen) atoms. The third-order valence-electron chi connectivity index (χ3n) is 11.7. The van der Waals surface area contributed by atoms with Crippen LogP contribution in [0, 0.1) is 40.4 Å². The summed E-state index contributed by atoms with van der Waals surface area (Å²) >= 11 is 0. The van der Waals surface area contributed by atoms with Crippen molar-refractivity contribution in [1.82, 2.24) is 0 Å². The van der Waals surface area contributed by atoms with Gasteiger partial charge in [0.05, 0.1) is 5.60 Å². The first-order chi connectivity index (χ1) is 14.6. The molecule has 4 aliphatic rings. The van der Waals surface area contributed by atoms with Crippen LogP contribution < -0.4 is 0 Å². The first-order valence-corrected chi connectivity index (χ1v) is 16.4. The van der Waals surface area contributed by atoms with Gasteiger partial charge in [0.2, 0.25) is 0 Å². The molecule has 4 saturated carbocycles. The highest BCUT2D eigenvalue weighted by Gasteiger charge is 2.63. The van der Waals surface area contributed by atoms with Crippen LogP contribution in [0.4, 0.5) is 0 Å². The van der Waals surface area contributed by atoms with Gasteiger partial charge >= 0.3 is 0 Å². The monoisotopic (exact) mass is 462 g/mol. The van der Waals surface area contributed by atoms with Crippen molar-refractivity contribution in [3.63, 3.8) is 0 Å². The highest BCUT2D eigenvalue weighted by atomic mass is 28.4. The van der Waals surface area contributed by atoms with Gasteiger partial charge in [0.25, 0.3) is 0 Å². The van der Waals surface area contributed by atoms with Crippen molar-refractivity contribution >= 4 is 14.1 Å². The standard InChI is InChI=1S/C28H50O3Si/c1-19(29)22-11-12-23-21-10-9-20-17-26(5,30)15-16-28(20,24(21)13-14-27(22,23)6)18-31-32(7,8)25(2,3)4/h20-24,30H,9-18H2,1-8H3/t20-,21+,22-,23+,24+,26-,27-,28-/m1/s1. The highest BCUT2D eigenvalue weighted by molar-refractivity contribution is 6.74. The van der Waals surface area contributed by atoms with E-state index < -0.39 is 13.9 Å². The molecular formula is C28H50O3Si. The number of fused-ring (bicyclic) bond motifs is 5. The van der Waals surface area contributed by atoms with E-state index in [9.17, 15) is 9.90 Å². The minimum atomic E-state index is -1.84. The molecule has 4 heteroatoms. The lowest BCUT2D eigenvalue weighted by Gasteiger charge is -2.63. The third kappa shape index (κ3) is 3.88. The Morgan fingerprint density at radius 1 is 1.00 bits per heavy atom. The Bertz CT molecular complexity index is 737. The molecule has 184 valence electrons. The Labute approximate surface area is 198 Å². The van der Waals surface area contributed by atoms with Crippen molar-refractivity contribution in [3.05, 3.63) is 0 Å². The van der Waals surface area contributed by atoms with Gasteiger partial charge in [-0.3, -0.25) is 4.79 Å². The maximum absolute atomic E-state index is 12.5. The lowest BCUT2D eigenvalue weighted by Crippen LogP contribution is -2.59. The normalized spacial score (nSPS) is 46.8. The van der Waals surface area contributed by atoms with Gasteiger partial charge in [-0.1, -0.05) is 27.7 Å². The van der Waals surface area contributed by atoms with E-state index in [2.05, 4.69) is 47.7 Å². The molecule has 3 nitrogen and oxygen atoms in total. The Morgan fingerprint density at radius 3 is 2.31 bits per heavy atom. The van der Waals surface area contributed by atoms with Crippen LogP contribution in [0.5, 0.6) is 0 Å². The molecule has 4 fully saturated rings. The van der Waals surface area contributed by atoms with Gasteiger partial charge in [0.1, 0.15) is 5.78 Å². The highest BCUT2D eigenvalue weighted by Crippen LogP contribution is 2.68. The lowest BCUT2D eigenvalue weighted by molar-refractivity contribution is -0.169. The van der Waals surface area contributed by atoms with Gasteiger partial charge in [0.15, 0.2) is 8.32 Å². The van der Waals surface area contributed by atoms with E-state index >= 15 is 0 Å². The molecule has 0 aromatic rings. The Balaban J connectivity index is 1.65. The Hall–Kier alpha value is -0.193. The number of carbonyl (C=O) groups excluding carboxylic acids is 1. The van der Waals surface area contributed by atoms with Gasteiger partial charge in [-0.25, -0.2) is 0 Å². The quantitative estimate of drug-likeness (QED) is 0.458. The van der Waals surface area contributed by atoms with Gasteiger partial charge in [0, 0.05) is 12.5 Å². The summed E-state index contributed by atoms with van der Waals surface area (Å²) in [6, 6.07) is 0. The van der Waals surface area contributed by atoms with Crippen molar-refractivity contribution in [3.8, 4) is 0 Å². The molecule has 0 spiro atoms. The third-order valence-corrected chi connectivity index (χ3v) is 16.1. The summed E-state index contributed by atoms with van der Waals surface area (Å²) in [5.74, 6) is 3.41. The summed E-state index contributed by atoms with van der Waals surface area (Å²) < 4.78 is 7.01. The zero-order valence-corrected chi connectivity index (χ0v) is 23.2. The zero-order chi connectivity index (χ0) is 23.7. The molecule has 4 aliphatic carbocycles. The van der Waals surface area contributed by atoms with Gasteiger partial charge in [-0.15, -0.1) is 0 Å². The van der Waals surface area contributed by atoms with Crippen LogP contribution in [0.2, 0.25) is 18.1 Å². The van der Waals surface area contributed by atoms with E-state index in [1.807, 2.05) is 6.92 Å². The molecule has 4 rings (SSSR count). The number of hydrogen-bond acceptors (Lipinski definition) is 3. The number of Topliss-reactive ketones (excluding diaryl/α,β-unsaturated/α-hetero) is 1. The number of hydrogen-bond donors (Lipinski definition) is 1. The predicted octanol–water partition coefficient (Wildman–Crippen LogP) is 6.99. The topological polar surface area (TPSA) is 46.5 Å². The zero-order valence-electron chi connectivity index (χ0n) is 22.2. The van der Waals surface area contributed by atoms with Crippen molar-refractivity contribution in [2.45, 2.75) is 123 Å². The van der Waals surface area contributed by atoms with Crippen LogP contribution in [-0.4, -0.2) is 31.4 Å². The second-order valence-electron chi connectivity index (χ2n) is 14.4. The van der Waals surface area contributed by atoms with Crippen LogP contribution >= 0.6 is 0 Å². The lowest BCUT2D eigenvalue weighted by atomic mass is 9.43. The minimum Gasteiger partial charge on any atom is -0.416 e. The molecule has 0 aliphatic heterocycles. The van der Waals surface area contributed by atoms with Crippen LogP contribution in [0.1, 0.15) is 99.3 Å². The van der Waals surface area contributed by atoms with E-state index in [4.69, 9.17) is 4.43 Å². The molecule has 0 aromatic carbocycles. The van der Waals surface area contributed by atoms with E-state index in [1.54, 1.807) is 0 Å². The van der Waals surface area contributed by atoms with Crippen molar-refractivity contribution in [1.29, 1.82) is 0 Å². The maximum Gasteiger partial charge on any atom is 0.192 e. The summed E-state index contributed by atoms with van der Waals surface area (Å²) in [6.45, 7) is 19.1. The molecule has 0 unspecified atom stereocenters. The molecular weight excluding hydrogens is 412 g/mol. The molecule has 0 saturated heterocycles. The van der Waals surface area contributed by atoms with Crippen LogP contribution in [0.3, 0.4) is 0 Å². The van der Waals surface area contributed by atoms with E-state index in [0.717, 1.165) is 38.2 Å². The largest absolute Gasteiger partial charge is 0.416 e. The number of aliphatic hydroxyl groups is 1. The predicted molar refractivity (Wildman–Crippen MR) is 134 cm³/mol. The Kier molecular flexibility index (Phi) is 6.16. The van der Waals surface area contributed by atoms with E-state index in [-0.39, 0.29) is 21.8 Å². The fourth-order valence-electron chi connectivity index (χ4n) is 8.71. The van der Waals surface area contributed by atoms with Crippen molar-refractivity contribution < 1.29 is 14.3 Å². The first-order valence-electron chi connectivity index (χ1n) is 13.5.